The van der Waals surface area contributed by atoms with Crippen molar-refractivity contribution in [3.8, 4) is 0 Å². The van der Waals surface area contributed by atoms with E-state index < -0.39 is 0 Å². The number of nitrogen functional groups attached to an aromatic ring is 1. The molecule has 0 aliphatic heterocycles. The van der Waals surface area contributed by atoms with E-state index in [2.05, 4.69) is 4.98 Å². The van der Waals surface area contributed by atoms with Crippen LogP contribution in [0.3, 0.4) is 0 Å². The molecule has 0 aliphatic rings. The molecule has 0 atom stereocenters. The van der Waals surface area contributed by atoms with Gasteiger partial charge in [-0.25, -0.2) is 4.98 Å². The van der Waals surface area contributed by atoms with Gasteiger partial charge >= 0.3 is 0 Å². The molecule has 2 N–H and O–H groups in total. The lowest BCUT2D eigenvalue weighted by Crippen LogP contribution is -1.85. The number of nitrogens with zero attached hydrogens (tertiary/aromatic N) is 1. The van der Waals surface area contributed by atoms with Crippen LogP contribution in [0.4, 0.5) is 5.69 Å². The highest BCUT2D eigenvalue weighted by molar-refractivity contribution is 6.31. The largest absolute Gasteiger partial charge is 0.399 e. The first kappa shape index (κ1) is 12.7. The van der Waals surface area contributed by atoms with E-state index in [0.717, 1.165) is 27.8 Å². The Morgan fingerprint density at radius 3 is 2.65 bits per heavy atom. The molecule has 3 heteroatoms. The number of fused-ring (bicyclic) bond motifs is 1. The molecule has 0 amide bonds. The Balaban J connectivity index is 1.94. The van der Waals surface area contributed by atoms with E-state index in [0.29, 0.717) is 5.02 Å². The van der Waals surface area contributed by atoms with E-state index in [1.807, 2.05) is 66.7 Å². The van der Waals surface area contributed by atoms with Crippen molar-refractivity contribution < 1.29 is 0 Å². The Morgan fingerprint density at radius 1 is 0.950 bits per heavy atom. The zero-order chi connectivity index (χ0) is 13.9. The minimum atomic E-state index is 0.696. The van der Waals surface area contributed by atoms with Crippen LogP contribution in [-0.4, -0.2) is 4.98 Å². The van der Waals surface area contributed by atoms with E-state index >= 15 is 0 Å². The summed E-state index contributed by atoms with van der Waals surface area (Å²) in [5, 5.41) is 1.78. The van der Waals surface area contributed by atoms with Crippen LogP contribution in [0.25, 0.3) is 23.1 Å². The monoisotopic (exact) mass is 280 g/mol. The SMILES string of the molecule is Nc1cccc(/C=C/c2ccc3ccc(Cl)cc3n2)c1. The Labute approximate surface area is 122 Å². The van der Waals surface area contributed by atoms with Gasteiger partial charge in [-0.3, -0.25) is 0 Å². The third-order valence-corrected chi connectivity index (χ3v) is 3.27. The van der Waals surface area contributed by atoms with Gasteiger partial charge < -0.3 is 5.73 Å². The molecule has 1 heterocycles. The van der Waals surface area contributed by atoms with Gasteiger partial charge in [0.1, 0.15) is 0 Å². The Morgan fingerprint density at radius 2 is 1.80 bits per heavy atom. The number of aromatic nitrogens is 1. The number of nitrogens with two attached hydrogens (primary N) is 1. The predicted molar refractivity (Wildman–Crippen MR) is 86.5 cm³/mol. The van der Waals surface area contributed by atoms with Gasteiger partial charge in [0, 0.05) is 16.1 Å². The van der Waals surface area contributed by atoms with Crippen LogP contribution >= 0.6 is 11.6 Å². The number of benzene rings is 2. The second-order valence-electron chi connectivity index (χ2n) is 4.58. The van der Waals surface area contributed by atoms with Gasteiger partial charge in [-0.15, -0.1) is 0 Å². The van der Waals surface area contributed by atoms with Gasteiger partial charge in [-0.1, -0.05) is 41.9 Å². The Bertz CT molecular complexity index is 794. The number of anilines is 1. The van der Waals surface area contributed by atoms with E-state index in [1.54, 1.807) is 0 Å². The summed E-state index contributed by atoms with van der Waals surface area (Å²) in [6, 6.07) is 17.5. The summed E-state index contributed by atoms with van der Waals surface area (Å²) in [6.45, 7) is 0. The number of pyridine rings is 1. The van der Waals surface area contributed by atoms with Gasteiger partial charge in [0.2, 0.25) is 0 Å². The van der Waals surface area contributed by atoms with Crippen LogP contribution in [0.2, 0.25) is 5.02 Å². The molecule has 0 saturated carbocycles. The van der Waals surface area contributed by atoms with Gasteiger partial charge in [-0.05, 0) is 42.0 Å². The van der Waals surface area contributed by atoms with E-state index in [1.165, 1.54) is 0 Å². The highest BCUT2D eigenvalue weighted by Crippen LogP contribution is 2.19. The smallest absolute Gasteiger partial charge is 0.0724 e. The first-order valence-electron chi connectivity index (χ1n) is 6.31. The molecule has 0 bridgehead atoms. The molecule has 3 rings (SSSR count). The Kier molecular flexibility index (Phi) is 3.40. The van der Waals surface area contributed by atoms with Crippen LogP contribution in [0, 0.1) is 0 Å². The second kappa shape index (κ2) is 5.35. The third-order valence-electron chi connectivity index (χ3n) is 3.03. The average molecular weight is 281 g/mol. The van der Waals surface area contributed by atoms with Crippen molar-refractivity contribution in [2.45, 2.75) is 0 Å². The molecule has 1 aromatic heterocycles. The van der Waals surface area contributed by atoms with E-state index in [-0.39, 0.29) is 0 Å². The molecule has 0 unspecified atom stereocenters. The summed E-state index contributed by atoms with van der Waals surface area (Å²) in [5.74, 6) is 0. The molecule has 0 radical (unpaired) electrons. The molecule has 20 heavy (non-hydrogen) atoms. The molecule has 0 fully saturated rings. The van der Waals surface area contributed by atoms with Crippen molar-refractivity contribution in [1.29, 1.82) is 0 Å². The van der Waals surface area contributed by atoms with Crippen molar-refractivity contribution >= 4 is 40.3 Å². The first-order chi connectivity index (χ1) is 9.70. The number of halogens is 1. The highest BCUT2D eigenvalue weighted by atomic mass is 35.5. The summed E-state index contributed by atoms with van der Waals surface area (Å²) in [4.78, 5) is 4.57. The maximum Gasteiger partial charge on any atom is 0.0724 e. The topological polar surface area (TPSA) is 38.9 Å². The molecule has 0 spiro atoms. The Hall–Kier alpha value is -2.32. The third kappa shape index (κ3) is 2.81. The summed E-state index contributed by atoms with van der Waals surface area (Å²) >= 11 is 5.99. The summed E-state index contributed by atoms with van der Waals surface area (Å²) in [7, 11) is 0. The lowest BCUT2D eigenvalue weighted by molar-refractivity contribution is 1.37. The van der Waals surface area contributed by atoms with Crippen LogP contribution < -0.4 is 5.73 Å². The molecule has 3 aromatic rings. The van der Waals surface area contributed by atoms with Crippen LogP contribution in [-0.2, 0) is 0 Å². The zero-order valence-electron chi connectivity index (χ0n) is 10.8. The fraction of sp³-hybridized carbons (Fsp3) is 0. The van der Waals surface area contributed by atoms with Crippen LogP contribution in [0.1, 0.15) is 11.3 Å². The molecule has 0 aliphatic carbocycles. The normalized spacial score (nSPS) is 11.2. The standard InChI is InChI=1S/C17H13ClN2/c18-14-7-5-13-6-9-16(20-17(13)11-14)8-4-12-2-1-3-15(19)10-12/h1-11H,19H2/b8-4+. The molecule has 98 valence electrons. The molecular formula is C17H13ClN2. The maximum atomic E-state index is 5.99. The highest BCUT2D eigenvalue weighted by Gasteiger charge is 1.97. The number of hydrogen-bond donors (Lipinski definition) is 1. The van der Waals surface area contributed by atoms with Crippen LogP contribution in [0.5, 0.6) is 0 Å². The second-order valence-corrected chi connectivity index (χ2v) is 5.01. The van der Waals surface area contributed by atoms with Crippen molar-refractivity contribution in [3.63, 3.8) is 0 Å². The summed E-state index contributed by atoms with van der Waals surface area (Å²) in [5.41, 5.74) is 9.35. The predicted octanol–water partition coefficient (Wildman–Crippen LogP) is 4.64. The lowest BCUT2D eigenvalue weighted by atomic mass is 10.1. The van der Waals surface area contributed by atoms with Crippen molar-refractivity contribution in [2.24, 2.45) is 0 Å². The van der Waals surface area contributed by atoms with Crippen LogP contribution in [0.15, 0.2) is 54.6 Å². The first-order valence-corrected chi connectivity index (χ1v) is 6.68. The van der Waals surface area contributed by atoms with E-state index in [9.17, 15) is 0 Å². The van der Waals surface area contributed by atoms with Crippen molar-refractivity contribution in [3.05, 3.63) is 70.9 Å². The fourth-order valence-electron chi connectivity index (χ4n) is 2.04. The van der Waals surface area contributed by atoms with Crippen molar-refractivity contribution in [2.75, 3.05) is 5.73 Å². The molecule has 2 aromatic carbocycles. The summed E-state index contributed by atoms with van der Waals surface area (Å²) in [6.07, 6.45) is 3.96. The number of hydrogen-bond acceptors (Lipinski definition) is 2. The van der Waals surface area contributed by atoms with Gasteiger partial charge in [-0.2, -0.15) is 0 Å². The fourth-order valence-corrected chi connectivity index (χ4v) is 2.21. The molecule has 2 nitrogen and oxygen atoms in total. The van der Waals surface area contributed by atoms with Crippen molar-refractivity contribution in [1.82, 2.24) is 4.98 Å². The molecular weight excluding hydrogens is 268 g/mol. The summed E-state index contributed by atoms with van der Waals surface area (Å²) < 4.78 is 0. The quantitative estimate of drug-likeness (QED) is 0.695. The minimum Gasteiger partial charge on any atom is -0.399 e. The average Bonchev–Trinajstić information content (AvgIpc) is 2.45. The molecule has 0 saturated heterocycles. The number of rotatable bonds is 2. The van der Waals surface area contributed by atoms with Gasteiger partial charge in [0.15, 0.2) is 0 Å². The maximum absolute atomic E-state index is 5.99. The van der Waals surface area contributed by atoms with Gasteiger partial charge in [0.25, 0.3) is 0 Å². The van der Waals surface area contributed by atoms with E-state index in [4.69, 9.17) is 17.3 Å². The van der Waals surface area contributed by atoms with Gasteiger partial charge in [0.05, 0.1) is 11.2 Å². The minimum absolute atomic E-state index is 0.696. The lowest BCUT2D eigenvalue weighted by Gasteiger charge is -2.00. The zero-order valence-corrected chi connectivity index (χ0v) is 11.5.